The van der Waals surface area contributed by atoms with Gasteiger partial charge in [-0.2, -0.15) is 5.26 Å². The molecule has 0 radical (unpaired) electrons. The van der Waals surface area contributed by atoms with Crippen molar-refractivity contribution >= 4 is 39.0 Å². The Kier molecular flexibility index (Phi) is 2.19. The first-order valence-electron chi connectivity index (χ1n) is 14.7. The van der Waals surface area contributed by atoms with Gasteiger partial charge in [0, 0.05) is 37.9 Å². The molecule has 3 aromatic rings. The van der Waals surface area contributed by atoms with Crippen LogP contribution in [0.2, 0.25) is 5.75 Å². The molecule has 8 heteroatoms. The van der Waals surface area contributed by atoms with Crippen molar-refractivity contribution in [1.29, 1.82) is 5.26 Å². The second kappa shape index (κ2) is 7.77. The average molecular weight is 417 g/mol. The second-order valence-electron chi connectivity index (χ2n) is 4.90. The van der Waals surface area contributed by atoms with Crippen LogP contribution in [0.4, 0.5) is 10.2 Å². The van der Waals surface area contributed by atoms with E-state index in [1.165, 1.54) is 6.07 Å². The molecule has 0 bridgehead atoms. The zero-order valence-corrected chi connectivity index (χ0v) is 14.6. The highest BCUT2D eigenvalue weighted by atomic mass is 35.5. The van der Waals surface area contributed by atoms with Gasteiger partial charge in [0.2, 0.25) is 0 Å². The molecule has 27 heavy (non-hydrogen) atoms. The predicted octanol–water partition coefficient (Wildman–Crippen LogP) is 4.43. The average Bonchev–Trinajstić information content (AvgIpc) is 3.18. The molecule has 1 N–H and O–H groups in total. The van der Waals surface area contributed by atoms with Crippen LogP contribution in [0.1, 0.15) is 43.1 Å². The SMILES string of the molecule is [2H]c1c([2H])c(C([2H])N2C([2H])([2H])C([2H])([2H])C([2H])(N([2H])c3ncnc4sc(Cl)c([2H])c34)C([2H])([2H])C2([2H])[2H])c([2H])c(C#N)c1F. The minimum absolute atomic E-state index is 0.0200. The zero-order chi connectivity index (χ0) is 32.1. The molecule has 2 aromatic heterocycles. The molecule has 0 amide bonds. The zero-order valence-electron chi connectivity index (χ0n) is 28.1. The molecule has 3 heterocycles. The minimum Gasteiger partial charge on any atom is -0.367 e. The van der Waals surface area contributed by atoms with Gasteiger partial charge in [-0.15, -0.1) is 11.3 Å². The first-order valence-corrected chi connectivity index (χ1v) is 8.36. The van der Waals surface area contributed by atoms with E-state index in [-0.39, 0.29) is 24.8 Å². The number of fused-ring (bicyclic) bond motifs is 1. The summed E-state index contributed by atoms with van der Waals surface area (Å²) in [4.78, 5) is 7.27. The van der Waals surface area contributed by atoms with Gasteiger partial charge in [-0.05, 0) is 36.4 Å². The van der Waals surface area contributed by atoms with Crippen molar-refractivity contribution in [3.05, 3.63) is 51.8 Å². The number of nitrogens with one attached hydrogen (secondary N) is 1. The summed E-state index contributed by atoms with van der Waals surface area (Å²) in [7, 11) is 0. The van der Waals surface area contributed by atoms with Crippen LogP contribution < -0.4 is 5.31 Å². The molecule has 0 spiro atoms. The Morgan fingerprint density at radius 2 is 2.33 bits per heavy atom. The Morgan fingerprint density at radius 1 is 1.52 bits per heavy atom. The van der Waals surface area contributed by atoms with E-state index >= 15 is 0 Å². The van der Waals surface area contributed by atoms with Crippen molar-refractivity contribution in [1.82, 2.24) is 14.9 Å². The third-order valence-corrected chi connectivity index (χ3v) is 4.28. The van der Waals surface area contributed by atoms with Crippen molar-refractivity contribution in [2.45, 2.75) is 25.3 Å². The molecule has 1 aliphatic heterocycles. The molecule has 5 nitrogen and oxygen atoms in total. The number of aromatic nitrogens is 2. The number of halogens is 2. The number of hydrogen-bond donors (Lipinski definition) is 1. The van der Waals surface area contributed by atoms with Crippen LogP contribution in [0.25, 0.3) is 10.2 Å². The van der Waals surface area contributed by atoms with E-state index in [2.05, 4.69) is 9.97 Å². The maximum atomic E-state index is 14.4. The summed E-state index contributed by atoms with van der Waals surface area (Å²) in [5.41, 5.74) is -2.23. The molecule has 0 saturated carbocycles. The van der Waals surface area contributed by atoms with Crippen molar-refractivity contribution in [3.63, 3.8) is 0 Å². The molecule has 0 aliphatic carbocycles. The van der Waals surface area contributed by atoms with Gasteiger partial charge in [0.25, 0.3) is 0 Å². The lowest BCUT2D eigenvalue weighted by Crippen LogP contribution is -2.38. The minimum atomic E-state index is -3.97. The van der Waals surface area contributed by atoms with Crippen LogP contribution in [-0.2, 0) is 6.52 Å². The van der Waals surface area contributed by atoms with Gasteiger partial charge in [-0.1, -0.05) is 17.6 Å². The summed E-state index contributed by atoms with van der Waals surface area (Å²) in [6.07, 6.45) is -7.10. The smallest absolute Gasteiger partial charge is 0.162 e. The summed E-state index contributed by atoms with van der Waals surface area (Å²) >= 11 is 6.74. The Morgan fingerprint density at radius 3 is 3.11 bits per heavy atom. The largest absolute Gasteiger partial charge is 0.367 e. The number of nitriles is 1. The van der Waals surface area contributed by atoms with Gasteiger partial charge >= 0.3 is 0 Å². The number of rotatable bonds is 4. The van der Waals surface area contributed by atoms with Crippen molar-refractivity contribution in [3.8, 4) is 6.07 Å². The molecule has 1 atom stereocenters. The van der Waals surface area contributed by atoms with Gasteiger partial charge in [-0.3, -0.25) is 4.90 Å². The quantitative estimate of drug-likeness (QED) is 0.681. The van der Waals surface area contributed by atoms with Gasteiger partial charge in [0.15, 0.2) is 1.41 Å². The molecule has 1 fully saturated rings. The fraction of sp³-hybridized carbons (Fsp3) is 0.316. The third-order valence-electron chi connectivity index (χ3n) is 3.17. The lowest BCUT2D eigenvalue weighted by molar-refractivity contribution is 0.211. The molecule has 4 rings (SSSR count). The highest BCUT2D eigenvalue weighted by Crippen LogP contribution is 2.32. The highest BCUT2D eigenvalue weighted by Gasteiger charge is 2.21. The van der Waals surface area contributed by atoms with Crippen LogP contribution in [-0.4, -0.2) is 33.9 Å². The van der Waals surface area contributed by atoms with E-state index < -0.39 is 85.2 Å². The first kappa shape index (κ1) is 7.63. The fourth-order valence-corrected chi connectivity index (χ4v) is 3.01. The molecule has 1 aliphatic rings. The monoisotopic (exact) mass is 416 g/mol. The first-order chi connectivity index (χ1) is 19.1. The summed E-state index contributed by atoms with van der Waals surface area (Å²) in [6.45, 7) is -10.6. The summed E-state index contributed by atoms with van der Waals surface area (Å²) in [5, 5.41) is 8.72. The molecular formula is C19H17ClFN5S. The van der Waals surface area contributed by atoms with E-state index in [4.69, 9.17) is 32.2 Å². The summed E-state index contributed by atoms with van der Waals surface area (Å²) in [6, 6.07) is -6.79. The number of thiophene rings is 1. The molecule has 138 valence electrons. The topological polar surface area (TPSA) is 64.8 Å². The summed E-state index contributed by atoms with van der Waals surface area (Å²) in [5.74, 6) is -2.37. The normalized spacial score (nSPS) is 33.6. The van der Waals surface area contributed by atoms with E-state index in [0.29, 0.717) is 0 Å². The van der Waals surface area contributed by atoms with E-state index in [1.54, 1.807) is 0 Å². The van der Waals surface area contributed by atoms with E-state index in [0.717, 1.165) is 17.7 Å². The van der Waals surface area contributed by atoms with Gasteiger partial charge < -0.3 is 5.31 Å². The number of nitrogens with zero attached hydrogens (tertiary/aromatic N) is 4. The molecular weight excluding hydrogens is 385 g/mol. The second-order valence-corrected chi connectivity index (χ2v) is 6.50. The van der Waals surface area contributed by atoms with E-state index in [1.807, 2.05) is 0 Å². The Hall–Kier alpha value is -2.27. The fourth-order valence-electron chi connectivity index (χ4n) is 2.03. The number of benzene rings is 1. The lowest BCUT2D eigenvalue weighted by atomic mass is 10.0. The van der Waals surface area contributed by atoms with Crippen LogP contribution in [0.15, 0.2) is 30.5 Å². The lowest BCUT2D eigenvalue weighted by Gasteiger charge is -2.32. The van der Waals surface area contributed by atoms with Crippen LogP contribution >= 0.6 is 22.9 Å². The number of anilines is 1. The van der Waals surface area contributed by atoms with Gasteiger partial charge in [0.1, 0.15) is 28.9 Å². The number of likely N-dealkylation sites (tertiary alicyclic amines) is 1. The van der Waals surface area contributed by atoms with Crippen molar-refractivity contribution < 1.29 is 25.0 Å². The predicted molar refractivity (Wildman–Crippen MR) is 105 cm³/mol. The third kappa shape index (κ3) is 4.03. The number of piperidine rings is 1. The standard InChI is InChI=1S/C19H17ClFN5S/c20-17-8-15-18(23-11-24-19(15)27-17)25-14-3-5-26(6-4-14)10-12-1-2-16(21)13(7-12)9-22/h1-2,7-8,11,14H,3-6,10H2,(H,23,24,25)/i1D,2D,3D2,4D2,5D2,6D2,7D,8D,10D,14D/hD. The Balaban J connectivity index is 2.00. The summed E-state index contributed by atoms with van der Waals surface area (Å²) < 4.78 is 142. The van der Waals surface area contributed by atoms with Crippen molar-refractivity contribution in [2.75, 3.05) is 18.3 Å². The van der Waals surface area contributed by atoms with Gasteiger partial charge in [-0.25, -0.2) is 14.4 Å². The molecule has 1 saturated heterocycles. The highest BCUT2D eigenvalue weighted by molar-refractivity contribution is 7.22. The van der Waals surface area contributed by atoms with E-state index in [9.17, 15) is 9.65 Å². The van der Waals surface area contributed by atoms with Gasteiger partial charge in [0.05, 0.1) is 22.1 Å². The Labute approximate surface area is 186 Å². The molecule has 1 aromatic carbocycles. The van der Waals surface area contributed by atoms with Crippen LogP contribution in [0.5, 0.6) is 0 Å². The van der Waals surface area contributed by atoms with Crippen molar-refractivity contribution in [2.24, 2.45) is 0 Å². The van der Waals surface area contributed by atoms with Crippen LogP contribution in [0.3, 0.4) is 0 Å². The maximum absolute atomic E-state index is 14.4. The molecule has 1 unspecified atom stereocenters. The van der Waals surface area contributed by atoms with Crippen LogP contribution in [0, 0.1) is 17.1 Å². The Bertz CT molecular complexity index is 1630. The maximum Gasteiger partial charge on any atom is 0.162 e. The number of hydrogen-bond acceptors (Lipinski definition) is 6.